The molecule has 1 atom stereocenters. The van der Waals surface area contributed by atoms with Gasteiger partial charge in [0.2, 0.25) is 5.78 Å². The molecule has 3 nitrogen and oxygen atoms in total. The van der Waals surface area contributed by atoms with Crippen LogP contribution in [0.4, 0.5) is 0 Å². The molecule has 0 bridgehead atoms. The Bertz CT molecular complexity index is 962. The second-order valence-corrected chi connectivity index (χ2v) is 7.90. The van der Waals surface area contributed by atoms with E-state index in [4.69, 9.17) is 27.9 Å². The van der Waals surface area contributed by atoms with E-state index in [9.17, 15) is 9.59 Å². The zero-order valence-corrected chi connectivity index (χ0v) is 17.0. The van der Waals surface area contributed by atoms with Crippen LogP contribution in [0.5, 0.6) is 0 Å². The summed E-state index contributed by atoms with van der Waals surface area (Å²) in [6, 6.07) is 23.5. The Morgan fingerprint density at radius 1 is 0.893 bits per heavy atom. The Hall–Kier alpha value is -2.27. The molecule has 0 heterocycles. The molecule has 0 radical (unpaired) electrons. The van der Waals surface area contributed by atoms with Crippen LogP contribution in [0, 0.1) is 0 Å². The minimum Gasteiger partial charge on any atom is -0.456 e. The normalized spacial score (nSPS) is 11.6. The highest BCUT2D eigenvalue weighted by Crippen LogP contribution is 2.36. The minimum atomic E-state index is -0.591. The summed E-state index contributed by atoms with van der Waals surface area (Å²) < 4.78 is 5.33. The number of ether oxygens (including phenoxy) is 1. The molecule has 3 rings (SSSR count). The maximum Gasteiger partial charge on any atom is 0.324 e. The van der Waals surface area contributed by atoms with Gasteiger partial charge in [0.15, 0.2) is 6.61 Å². The van der Waals surface area contributed by atoms with E-state index in [1.54, 1.807) is 6.07 Å². The average molecular weight is 431 g/mol. The van der Waals surface area contributed by atoms with Crippen molar-refractivity contribution in [3.8, 4) is 0 Å². The predicted octanol–water partition coefficient (Wildman–Crippen LogP) is 6.25. The van der Waals surface area contributed by atoms with E-state index in [1.807, 2.05) is 60.7 Å². The van der Waals surface area contributed by atoms with E-state index < -0.39 is 23.6 Å². The average Bonchev–Trinajstić information content (AvgIpc) is 2.73. The van der Waals surface area contributed by atoms with Crippen LogP contribution in [-0.4, -0.2) is 18.4 Å². The van der Waals surface area contributed by atoms with Crippen molar-refractivity contribution in [3.63, 3.8) is 0 Å². The van der Waals surface area contributed by atoms with Crippen LogP contribution < -0.4 is 0 Å². The zero-order chi connectivity index (χ0) is 19.9. The van der Waals surface area contributed by atoms with Crippen molar-refractivity contribution in [2.75, 3.05) is 6.61 Å². The lowest BCUT2D eigenvalue weighted by atomic mass is 10.1. The minimum absolute atomic E-state index is 0.231. The standard InChI is InChI=1S/C22H16Cl2O3S/c23-16-11-12-19(24)18(13-16)20(25)14-27-22(26)21(15-7-3-1-4-8-15)28-17-9-5-2-6-10-17/h1-13,21H,14H2. The number of hydrogen-bond acceptors (Lipinski definition) is 4. The molecule has 0 N–H and O–H groups in total. The predicted molar refractivity (Wildman–Crippen MR) is 113 cm³/mol. The van der Waals surface area contributed by atoms with Crippen molar-refractivity contribution in [1.29, 1.82) is 0 Å². The maximum absolute atomic E-state index is 12.8. The Labute approximate surface area is 177 Å². The summed E-state index contributed by atoms with van der Waals surface area (Å²) in [5, 5.41) is 0.0656. The summed E-state index contributed by atoms with van der Waals surface area (Å²) >= 11 is 13.3. The van der Waals surface area contributed by atoms with Crippen LogP contribution in [-0.2, 0) is 9.53 Å². The van der Waals surface area contributed by atoms with E-state index in [0.717, 1.165) is 10.5 Å². The number of halogens is 2. The molecule has 0 aliphatic heterocycles. The highest BCUT2D eigenvalue weighted by molar-refractivity contribution is 8.00. The zero-order valence-electron chi connectivity index (χ0n) is 14.7. The van der Waals surface area contributed by atoms with Gasteiger partial charge in [-0.1, -0.05) is 71.7 Å². The Morgan fingerprint density at radius 2 is 1.54 bits per heavy atom. The number of rotatable bonds is 7. The summed E-state index contributed by atoms with van der Waals surface area (Å²) in [5.74, 6) is -0.899. The summed E-state index contributed by atoms with van der Waals surface area (Å²) in [5.41, 5.74) is 1.03. The lowest BCUT2D eigenvalue weighted by Crippen LogP contribution is -2.19. The molecule has 0 saturated carbocycles. The number of carbonyl (C=O) groups is 2. The largest absolute Gasteiger partial charge is 0.456 e. The van der Waals surface area contributed by atoms with E-state index >= 15 is 0 Å². The van der Waals surface area contributed by atoms with Gasteiger partial charge in [-0.15, -0.1) is 11.8 Å². The summed E-state index contributed by atoms with van der Waals surface area (Å²) in [6.45, 7) is -0.405. The summed E-state index contributed by atoms with van der Waals surface area (Å²) in [7, 11) is 0. The fraction of sp³-hybridized carbons (Fsp3) is 0.0909. The van der Waals surface area contributed by atoms with Gasteiger partial charge in [0.25, 0.3) is 0 Å². The van der Waals surface area contributed by atoms with Crippen molar-refractivity contribution in [3.05, 3.63) is 100 Å². The van der Waals surface area contributed by atoms with Gasteiger partial charge in [-0.05, 0) is 35.9 Å². The van der Waals surface area contributed by atoms with Gasteiger partial charge in [-0.25, -0.2) is 0 Å². The Morgan fingerprint density at radius 3 is 2.21 bits per heavy atom. The highest BCUT2D eigenvalue weighted by Gasteiger charge is 2.25. The molecule has 0 aliphatic carbocycles. The Balaban J connectivity index is 1.74. The first kappa shape index (κ1) is 20.5. The molecule has 0 aromatic heterocycles. The van der Waals surface area contributed by atoms with Gasteiger partial charge in [-0.3, -0.25) is 9.59 Å². The van der Waals surface area contributed by atoms with Crippen LogP contribution in [0.3, 0.4) is 0 Å². The van der Waals surface area contributed by atoms with E-state index in [-0.39, 0.29) is 10.6 Å². The monoisotopic (exact) mass is 430 g/mol. The SMILES string of the molecule is O=C(COC(=O)C(Sc1ccccc1)c1ccccc1)c1cc(Cl)ccc1Cl. The summed E-state index contributed by atoms with van der Waals surface area (Å²) in [6.07, 6.45) is 0. The maximum atomic E-state index is 12.8. The second kappa shape index (κ2) is 9.78. The molecule has 3 aromatic rings. The Kier molecular flexibility index (Phi) is 7.15. The fourth-order valence-electron chi connectivity index (χ4n) is 2.52. The number of ketones is 1. The van der Waals surface area contributed by atoms with Crippen molar-refractivity contribution in [2.24, 2.45) is 0 Å². The third-order valence-electron chi connectivity index (χ3n) is 3.89. The molecular weight excluding hydrogens is 415 g/mol. The van der Waals surface area contributed by atoms with Crippen LogP contribution in [0.25, 0.3) is 0 Å². The van der Waals surface area contributed by atoms with Gasteiger partial charge in [-0.2, -0.15) is 0 Å². The molecule has 1 unspecified atom stereocenters. The smallest absolute Gasteiger partial charge is 0.324 e. The highest BCUT2D eigenvalue weighted by atomic mass is 35.5. The first-order chi connectivity index (χ1) is 13.5. The first-order valence-electron chi connectivity index (χ1n) is 8.46. The number of benzene rings is 3. The molecule has 142 valence electrons. The molecule has 0 spiro atoms. The lowest BCUT2D eigenvalue weighted by molar-refractivity contribution is -0.142. The molecule has 3 aromatic carbocycles. The van der Waals surface area contributed by atoms with Crippen molar-refractivity contribution in [1.82, 2.24) is 0 Å². The fourth-order valence-corrected chi connectivity index (χ4v) is 3.96. The van der Waals surface area contributed by atoms with Crippen LogP contribution in [0.1, 0.15) is 21.2 Å². The van der Waals surface area contributed by atoms with Crippen LogP contribution >= 0.6 is 35.0 Å². The van der Waals surface area contributed by atoms with Crippen LogP contribution in [0.15, 0.2) is 83.8 Å². The number of esters is 1. The molecule has 0 fully saturated rings. The van der Waals surface area contributed by atoms with Crippen molar-refractivity contribution < 1.29 is 14.3 Å². The van der Waals surface area contributed by atoms with Gasteiger partial charge in [0, 0.05) is 15.5 Å². The molecular formula is C22H16Cl2O3S. The summed E-state index contributed by atoms with van der Waals surface area (Å²) in [4.78, 5) is 26.1. The van der Waals surface area contributed by atoms with Crippen LogP contribution in [0.2, 0.25) is 10.0 Å². The number of thioether (sulfide) groups is 1. The third kappa shape index (κ3) is 5.38. The van der Waals surface area contributed by atoms with Crippen molar-refractivity contribution in [2.45, 2.75) is 10.1 Å². The van der Waals surface area contributed by atoms with Gasteiger partial charge in [0.05, 0.1) is 5.02 Å². The van der Waals surface area contributed by atoms with Gasteiger partial charge < -0.3 is 4.74 Å². The quantitative estimate of drug-likeness (QED) is 0.252. The number of hydrogen-bond donors (Lipinski definition) is 0. The molecule has 0 amide bonds. The van der Waals surface area contributed by atoms with E-state index in [2.05, 4.69) is 0 Å². The number of carbonyl (C=O) groups excluding carboxylic acids is 2. The molecule has 6 heteroatoms. The van der Waals surface area contributed by atoms with Gasteiger partial charge >= 0.3 is 5.97 Å². The second-order valence-electron chi connectivity index (χ2n) is 5.88. The molecule has 28 heavy (non-hydrogen) atoms. The molecule has 0 saturated heterocycles. The van der Waals surface area contributed by atoms with Crippen molar-refractivity contribution >= 4 is 46.7 Å². The van der Waals surface area contributed by atoms with E-state index in [0.29, 0.717) is 5.02 Å². The van der Waals surface area contributed by atoms with Gasteiger partial charge in [0.1, 0.15) is 5.25 Å². The number of Topliss-reactive ketones (excluding diaryl/α,β-unsaturated/α-hetero) is 1. The topological polar surface area (TPSA) is 43.4 Å². The third-order valence-corrected chi connectivity index (χ3v) is 5.70. The van der Waals surface area contributed by atoms with E-state index in [1.165, 1.54) is 23.9 Å². The molecule has 0 aliphatic rings. The lowest BCUT2D eigenvalue weighted by Gasteiger charge is -2.16. The first-order valence-corrected chi connectivity index (χ1v) is 10.1.